The number of halogens is 1. The van der Waals surface area contributed by atoms with Gasteiger partial charge >= 0.3 is 5.97 Å². The van der Waals surface area contributed by atoms with Crippen LogP contribution in [0.4, 0.5) is 5.69 Å². The fourth-order valence-corrected chi connectivity index (χ4v) is 5.42. The molecule has 0 aliphatic carbocycles. The van der Waals surface area contributed by atoms with E-state index in [2.05, 4.69) is 22.6 Å². The number of nitrogens with zero attached hydrogens (tertiary/aromatic N) is 5. The van der Waals surface area contributed by atoms with Gasteiger partial charge in [-0.15, -0.1) is 6.42 Å². The average Bonchev–Trinajstić information content (AvgIpc) is 2.91. The van der Waals surface area contributed by atoms with Crippen molar-refractivity contribution in [3.63, 3.8) is 0 Å². The smallest absolute Gasteiger partial charge is 0.335 e. The summed E-state index contributed by atoms with van der Waals surface area (Å²) in [4.78, 5) is 36.8. The van der Waals surface area contributed by atoms with Crippen LogP contribution in [0.5, 0.6) is 0 Å². The number of rotatable bonds is 8. The van der Waals surface area contributed by atoms with Gasteiger partial charge in [-0.05, 0) is 53.4 Å². The molecule has 1 aliphatic heterocycles. The second kappa shape index (κ2) is 12.0. The van der Waals surface area contributed by atoms with Gasteiger partial charge in [-0.1, -0.05) is 45.2 Å². The topological polar surface area (TPSA) is 81.9 Å². The Bertz CT molecular complexity index is 1510. The number of likely N-dealkylation sites (N-methyl/N-ethyl adjacent to an activating group) is 1. The SMILES string of the molecule is C#CCN(Cc1cc2c(=O)n(C)c(CN3CCN(CC)CC3)nc2cc1Cl)c1ccc(C(=O)O)c(C(C)(C)C)c1. The van der Waals surface area contributed by atoms with Crippen LogP contribution in [0.2, 0.25) is 5.02 Å². The first-order chi connectivity index (χ1) is 18.9. The number of piperazine rings is 1. The lowest BCUT2D eigenvalue weighted by Gasteiger charge is -2.33. The summed E-state index contributed by atoms with van der Waals surface area (Å²) in [5, 5.41) is 10.7. The van der Waals surface area contributed by atoms with Crippen molar-refractivity contribution < 1.29 is 9.90 Å². The van der Waals surface area contributed by atoms with E-state index in [1.165, 1.54) is 0 Å². The molecule has 0 bridgehead atoms. The molecule has 1 aliphatic rings. The van der Waals surface area contributed by atoms with Gasteiger partial charge in [0, 0.05) is 50.5 Å². The first kappa shape index (κ1) is 29.6. The minimum Gasteiger partial charge on any atom is -0.478 e. The Morgan fingerprint density at radius 3 is 2.42 bits per heavy atom. The highest BCUT2D eigenvalue weighted by atomic mass is 35.5. The Morgan fingerprint density at radius 2 is 1.82 bits per heavy atom. The van der Waals surface area contributed by atoms with Gasteiger partial charge in [-0.2, -0.15) is 0 Å². The van der Waals surface area contributed by atoms with E-state index in [4.69, 9.17) is 23.0 Å². The van der Waals surface area contributed by atoms with Gasteiger partial charge in [0.15, 0.2) is 0 Å². The van der Waals surface area contributed by atoms with Crippen molar-refractivity contribution in [2.75, 3.05) is 44.2 Å². The lowest BCUT2D eigenvalue weighted by molar-refractivity contribution is 0.0694. The van der Waals surface area contributed by atoms with E-state index in [0.717, 1.165) is 44.0 Å². The molecule has 4 rings (SSSR count). The second-order valence-electron chi connectivity index (χ2n) is 11.4. The Labute approximate surface area is 241 Å². The van der Waals surface area contributed by atoms with Crippen LogP contribution in [0.15, 0.2) is 35.1 Å². The summed E-state index contributed by atoms with van der Waals surface area (Å²) < 4.78 is 1.63. The monoisotopic (exact) mass is 563 g/mol. The lowest BCUT2D eigenvalue weighted by atomic mass is 9.83. The van der Waals surface area contributed by atoms with E-state index in [1.807, 2.05) is 31.7 Å². The maximum Gasteiger partial charge on any atom is 0.335 e. The second-order valence-corrected chi connectivity index (χ2v) is 11.8. The third-order valence-electron chi connectivity index (χ3n) is 7.66. The molecule has 0 saturated carbocycles. The summed E-state index contributed by atoms with van der Waals surface area (Å²) in [6.07, 6.45) is 5.72. The maximum absolute atomic E-state index is 13.4. The lowest BCUT2D eigenvalue weighted by Crippen LogP contribution is -2.46. The van der Waals surface area contributed by atoms with Crippen molar-refractivity contribution in [2.45, 2.75) is 46.2 Å². The van der Waals surface area contributed by atoms with Gasteiger partial charge in [0.25, 0.3) is 5.56 Å². The van der Waals surface area contributed by atoms with E-state index in [-0.39, 0.29) is 23.1 Å². The van der Waals surface area contributed by atoms with Gasteiger partial charge < -0.3 is 14.9 Å². The number of benzene rings is 2. The number of anilines is 1. The van der Waals surface area contributed by atoms with Crippen LogP contribution in [0, 0.1) is 12.3 Å². The number of hydrogen-bond donors (Lipinski definition) is 1. The molecule has 212 valence electrons. The molecular weight excluding hydrogens is 526 g/mol. The van der Waals surface area contributed by atoms with Crippen molar-refractivity contribution in [1.29, 1.82) is 0 Å². The Balaban J connectivity index is 1.66. The molecule has 8 nitrogen and oxygen atoms in total. The largest absolute Gasteiger partial charge is 0.478 e. The van der Waals surface area contributed by atoms with Crippen LogP contribution >= 0.6 is 11.6 Å². The van der Waals surface area contributed by atoms with E-state index in [1.54, 1.807) is 35.9 Å². The number of aromatic carboxylic acids is 1. The molecule has 1 fully saturated rings. The zero-order valence-corrected chi connectivity index (χ0v) is 24.8. The highest BCUT2D eigenvalue weighted by Crippen LogP contribution is 2.32. The number of carboxylic acid groups (broad SMARTS) is 1. The number of aromatic nitrogens is 2. The minimum atomic E-state index is -0.969. The molecule has 2 aromatic carbocycles. The minimum absolute atomic E-state index is 0.116. The number of hydrogen-bond acceptors (Lipinski definition) is 6. The summed E-state index contributed by atoms with van der Waals surface area (Å²) in [6, 6.07) is 8.82. The zero-order chi connectivity index (χ0) is 29.2. The third-order valence-corrected chi connectivity index (χ3v) is 8.02. The molecule has 0 spiro atoms. The predicted octanol–water partition coefficient (Wildman–Crippen LogP) is 4.36. The quantitative estimate of drug-likeness (QED) is 0.408. The number of terminal acetylenes is 1. The van der Waals surface area contributed by atoms with Gasteiger partial charge in [0.1, 0.15) is 5.82 Å². The van der Waals surface area contributed by atoms with Crippen LogP contribution in [0.25, 0.3) is 10.9 Å². The van der Waals surface area contributed by atoms with E-state index in [0.29, 0.717) is 40.4 Å². The molecule has 1 saturated heterocycles. The van der Waals surface area contributed by atoms with Crippen LogP contribution in [-0.4, -0.2) is 69.7 Å². The van der Waals surface area contributed by atoms with E-state index in [9.17, 15) is 14.7 Å². The first-order valence-corrected chi connectivity index (χ1v) is 14.0. The van der Waals surface area contributed by atoms with Gasteiger partial charge in [0.05, 0.1) is 29.6 Å². The van der Waals surface area contributed by atoms with Crippen molar-refractivity contribution in [3.8, 4) is 12.3 Å². The number of carbonyl (C=O) groups is 1. The summed E-state index contributed by atoms with van der Waals surface area (Å²) in [5.41, 5.74) is 2.58. The van der Waals surface area contributed by atoms with Crippen molar-refractivity contribution >= 4 is 34.2 Å². The van der Waals surface area contributed by atoms with Crippen molar-refractivity contribution in [3.05, 3.63) is 68.2 Å². The molecule has 3 aromatic rings. The Kier molecular flexibility index (Phi) is 8.89. The molecule has 1 aromatic heterocycles. The zero-order valence-electron chi connectivity index (χ0n) is 24.0. The fraction of sp³-hybridized carbons (Fsp3) is 0.452. The molecule has 0 radical (unpaired) electrons. The van der Waals surface area contributed by atoms with Crippen LogP contribution in [0.3, 0.4) is 0 Å². The summed E-state index contributed by atoms with van der Waals surface area (Å²) in [5.74, 6) is 2.44. The molecule has 40 heavy (non-hydrogen) atoms. The third kappa shape index (κ3) is 6.33. The Hall–Kier alpha value is -3.38. The summed E-state index contributed by atoms with van der Waals surface area (Å²) in [6.45, 7) is 14.3. The van der Waals surface area contributed by atoms with Gasteiger partial charge in [-0.3, -0.25) is 14.3 Å². The van der Waals surface area contributed by atoms with Gasteiger partial charge in [-0.25, -0.2) is 9.78 Å². The molecule has 0 unspecified atom stereocenters. The molecule has 2 heterocycles. The van der Waals surface area contributed by atoms with E-state index >= 15 is 0 Å². The highest BCUT2D eigenvalue weighted by molar-refractivity contribution is 6.32. The predicted molar refractivity (Wildman–Crippen MR) is 161 cm³/mol. The van der Waals surface area contributed by atoms with Crippen LogP contribution in [-0.2, 0) is 25.6 Å². The normalized spacial score (nSPS) is 14.8. The highest BCUT2D eigenvalue weighted by Gasteiger charge is 2.24. The molecule has 9 heteroatoms. The number of carboxylic acids is 1. The standard InChI is InChI=1S/C31H38ClN5O3/c1-7-11-37(22-9-10-23(30(39)40)25(17-22)31(3,4)5)19-21-16-24-27(18-26(21)32)33-28(34(6)29(24)38)20-36-14-12-35(8-2)13-15-36/h1,9-10,16-18H,8,11-15,19-20H2,2-6H3,(H,39,40). The molecule has 1 N–H and O–H groups in total. The molecular formula is C31H38ClN5O3. The Morgan fingerprint density at radius 1 is 1.15 bits per heavy atom. The van der Waals surface area contributed by atoms with Crippen LogP contribution < -0.4 is 10.5 Å². The van der Waals surface area contributed by atoms with Crippen molar-refractivity contribution in [1.82, 2.24) is 19.4 Å². The average molecular weight is 564 g/mol. The molecule has 0 atom stereocenters. The fourth-order valence-electron chi connectivity index (χ4n) is 5.20. The first-order valence-electron chi connectivity index (χ1n) is 13.6. The van der Waals surface area contributed by atoms with Crippen molar-refractivity contribution in [2.24, 2.45) is 7.05 Å². The summed E-state index contributed by atoms with van der Waals surface area (Å²) >= 11 is 6.75. The van der Waals surface area contributed by atoms with E-state index < -0.39 is 5.97 Å². The van der Waals surface area contributed by atoms with Gasteiger partial charge in [0.2, 0.25) is 0 Å². The maximum atomic E-state index is 13.4. The van der Waals surface area contributed by atoms with Crippen LogP contribution in [0.1, 0.15) is 55.0 Å². The summed E-state index contributed by atoms with van der Waals surface area (Å²) in [7, 11) is 1.77. The molecule has 0 amide bonds. The number of fused-ring (bicyclic) bond motifs is 1.